The van der Waals surface area contributed by atoms with Gasteiger partial charge in [0.1, 0.15) is 0 Å². The minimum Gasteiger partial charge on any atom is -0.366 e. The van der Waals surface area contributed by atoms with Crippen molar-refractivity contribution in [2.75, 3.05) is 0 Å². The molecule has 0 fully saturated rings. The van der Waals surface area contributed by atoms with Gasteiger partial charge in [0, 0.05) is 24.6 Å². The fraction of sp³-hybridized carbons (Fsp3) is 0.385. The molecule has 0 aliphatic rings. The molecule has 98 valence electrons. The van der Waals surface area contributed by atoms with Gasteiger partial charge in [0.25, 0.3) is 0 Å². The van der Waals surface area contributed by atoms with Crippen molar-refractivity contribution >= 4 is 11.8 Å². The van der Waals surface area contributed by atoms with Crippen molar-refractivity contribution in [2.45, 2.75) is 32.4 Å². The average Bonchev–Trinajstić information content (AvgIpc) is 2.34. The van der Waals surface area contributed by atoms with E-state index in [0.717, 1.165) is 5.56 Å². The van der Waals surface area contributed by atoms with Crippen molar-refractivity contribution in [3.05, 3.63) is 35.4 Å². The second-order valence-corrected chi connectivity index (χ2v) is 4.35. The molecule has 0 heterocycles. The molecular formula is C13H19N3O2. The summed E-state index contributed by atoms with van der Waals surface area (Å²) >= 11 is 0. The van der Waals surface area contributed by atoms with Gasteiger partial charge in [-0.1, -0.05) is 12.1 Å². The van der Waals surface area contributed by atoms with E-state index in [9.17, 15) is 9.59 Å². The Morgan fingerprint density at radius 3 is 2.39 bits per heavy atom. The lowest BCUT2D eigenvalue weighted by molar-refractivity contribution is -0.121. The minimum absolute atomic E-state index is 0.0220. The molecule has 0 spiro atoms. The molecule has 0 bridgehead atoms. The van der Waals surface area contributed by atoms with E-state index < -0.39 is 5.91 Å². The lowest BCUT2D eigenvalue weighted by Gasteiger charge is -2.07. The number of carbonyl (C=O) groups is 2. The third kappa shape index (κ3) is 4.97. The number of hydrogen-bond acceptors (Lipinski definition) is 3. The second kappa shape index (κ2) is 6.76. The molecule has 0 saturated heterocycles. The van der Waals surface area contributed by atoms with Crippen molar-refractivity contribution in [3.63, 3.8) is 0 Å². The number of carbonyl (C=O) groups excluding carboxylic acids is 2. The van der Waals surface area contributed by atoms with Crippen LogP contribution in [0.2, 0.25) is 0 Å². The molecule has 0 aliphatic carbocycles. The molecule has 1 aromatic rings. The summed E-state index contributed by atoms with van der Waals surface area (Å²) in [5.41, 5.74) is 12.1. The number of rotatable bonds is 6. The Kier molecular flexibility index (Phi) is 5.32. The number of amides is 2. The SMILES string of the molecule is CC(N)CCC(=O)NCc1ccc(C(N)=O)cc1. The van der Waals surface area contributed by atoms with E-state index in [-0.39, 0.29) is 11.9 Å². The molecule has 1 aromatic carbocycles. The maximum absolute atomic E-state index is 11.5. The number of hydrogen-bond donors (Lipinski definition) is 3. The first-order valence-electron chi connectivity index (χ1n) is 5.90. The Labute approximate surface area is 107 Å². The molecule has 0 aliphatic heterocycles. The standard InChI is InChI=1S/C13H19N3O2/c1-9(14)2-7-12(17)16-8-10-3-5-11(6-4-10)13(15)18/h3-6,9H,2,7-8,14H2,1H3,(H2,15,18)(H,16,17). The largest absolute Gasteiger partial charge is 0.366 e. The van der Waals surface area contributed by atoms with Gasteiger partial charge >= 0.3 is 0 Å². The molecule has 0 radical (unpaired) electrons. The van der Waals surface area contributed by atoms with Crippen molar-refractivity contribution in [2.24, 2.45) is 11.5 Å². The summed E-state index contributed by atoms with van der Waals surface area (Å²) in [4.78, 5) is 22.3. The Balaban J connectivity index is 2.39. The van der Waals surface area contributed by atoms with Gasteiger partial charge in [-0.3, -0.25) is 9.59 Å². The monoisotopic (exact) mass is 249 g/mol. The highest BCUT2D eigenvalue weighted by atomic mass is 16.1. The quantitative estimate of drug-likeness (QED) is 0.685. The smallest absolute Gasteiger partial charge is 0.248 e. The molecule has 18 heavy (non-hydrogen) atoms. The molecule has 0 saturated carbocycles. The summed E-state index contributed by atoms with van der Waals surface area (Å²) in [6.07, 6.45) is 1.10. The van der Waals surface area contributed by atoms with E-state index in [1.165, 1.54) is 0 Å². The van der Waals surface area contributed by atoms with Crippen LogP contribution in [0.15, 0.2) is 24.3 Å². The number of benzene rings is 1. The fourth-order valence-electron chi connectivity index (χ4n) is 1.43. The van der Waals surface area contributed by atoms with Gasteiger partial charge in [-0.05, 0) is 31.0 Å². The van der Waals surface area contributed by atoms with E-state index in [2.05, 4.69) is 5.32 Å². The molecule has 0 aromatic heterocycles. The highest BCUT2D eigenvalue weighted by Gasteiger charge is 2.04. The first-order chi connectivity index (χ1) is 8.49. The van der Waals surface area contributed by atoms with Gasteiger partial charge < -0.3 is 16.8 Å². The third-order valence-electron chi connectivity index (χ3n) is 2.55. The van der Waals surface area contributed by atoms with Crippen LogP contribution in [0.5, 0.6) is 0 Å². The number of nitrogens with one attached hydrogen (secondary N) is 1. The molecule has 1 rings (SSSR count). The van der Waals surface area contributed by atoms with Crippen LogP contribution in [0.4, 0.5) is 0 Å². The van der Waals surface area contributed by atoms with Gasteiger partial charge in [-0.25, -0.2) is 0 Å². The van der Waals surface area contributed by atoms with E-state index >= 15 is 0 Å². The first kappa shape index (κ1) is 14.2. The third-order valence-corrected chi connectivity index (χ3v) is 2.55. The average molecular weight is 249 g/mol. The lowest BCUT2D eigenvalue weighted by Crippen LogP contribution is -2.25. The fourth-order valence-corrected chi connectivity index (χ4v) is 1.43. The van der Waals surface area contributed by atoms with Crippen molar-refractivity contribution in [1.29, 1.82) is 0 Å². The van der Waals surface area contributed by atoms with Crippen LogP contribution < -0.4 is 16.8 Å². The van der Waals surface area contributed by atoms with Gasteiger partial charge in [-0.2, -0.15) is 0 Å². The molecule has 5 N–H and O–H groups in total. The van der Waals surface area contributed by atoms with Crippen LogP contribution in [0.3, 0.4) is 0 Å². The molecular weight excluding hydrogens is 230 g/mol. The lowest BCUT2D eigenvalue weighted by atomic mass is 10.1. The number of primary amides is 1. The van der Waals surface area contributed by atoms with Gasteiger partial charge in [0.15, 0.2) is 0 Å². The maximum atomic E-state index is 11.5. The zero-order valence-electron chi connectivity index (χ0n) is 10.5. The highest BCUT2D eigenvalue weighted by molar-refractivity contribution is 5.92. The second-order valence-electron chi connectivity index (χ2n) is 4.35. The zero-order valence-corrected chi connectivity index (χ0v) is 10.5. The maximum Gasteiger partial charge on any atom is 0.248 e. The van der Waals surface area contributed by atoms with Crippen molar-refractivity contribution in [1.82, 2.24) is 5.32 Å². The van der Waals surface area contributed by atoms with Gasteiger partial charge in [0.2, 0.25) is 11.8 Å². The van der Waals surface area contributed by atoms with E-state index in [4.69, 9.17) is 11.5 Å². The summed E-state index contributed by atoms with van der Waals surface area (Å²) in [5, 5.41) is 2.79. The summed E-state index contributed by atoms with van der Waals surface area (Å²) in [7, 11) is 0. The predicted molar refractivity (Wildman–Crippen MR) is 69.7 cm³/mol. The predicted octanol–water partition coefficient (Wildman–Crippen LogP) is 0.529. The number of nitrogens with two attached hydrogens (primary N) is 2. The van der Waals surface area contributed by atoms with Crippen LogP contribution in [0, 0.1) is 0 Å². The normalized spacial score (nSPS) is 11.9. The Morgan fingerprint density at radius 1 is 1.28 bits per heavy atom. The Hall–Kier alpha value is -1.88. The highest BCUT2D eigenvalue weighted by Crippen LogP contribution is 2.04. The summed E-state index contributed by atoms with van der Waals surface area (Å²) < 4.78 is 0. The van der Waals surface area contributed by atoms with Gasteiger partial charge in [0.05, 0.1) is 0 Å². The Morgan fingerprint density at radius 2 is 1.89 bits per heavy atom. The van der Waals surface area contributed by atoms with E-state index in [0.29, 0.717) is 24.9 Å². The van der Waals surface area contributed by atoms with E-state index in [1.807, 2.05) is 6.92 Å². The van der Waals surface area contributed by atoms with Crippen molar-refractivity contribution in [3.8, 4) is 0 Å². The van der Waals surface area contributed by atoms with Crippen molar-refractivity contribution < 1.29 is 9.59 Å². The molecule has 5 heteroatoms. The minimum atomic E-state index is -0.456. The summed E-state index contributed by atoms with van der Waals surface area (Å²) in [6, 6.07) is 6.86. The molecule has 5 nitrogen and oxygen atoms in total. The summed E-state index contributed by atoms with van der Waals surface area (Å²) in [5.74, 6) is -0.478. The van der Waals surface area contributed by atoms with Crippen LogP contribution in [-0.2, 0) is 11.3 Å². The molecule has 2 amide bonds. The first-order valence-corrected chi connectivity index (χ1v) is 5.90. The Bertz CT molecular complexity index is 413. The topological polar surface area (TPSA) is 98.2 Å². The zero-order chi connectivity index (χ0) is 13.5. The van der Waals surface area contributed by atoms with Crippen LogP contribution in [0.1, 0.15) is 35.7 Å². The van der Waals surface area contributed by atoms with Crippen LogP contribution >= 0.6 is 0 Å². The molecule has 1 atom stereocenters. The van der Waals surface area contributed by atoms with Crippen LogP contribution in [-0.4, -0.2) is 17.9 Å². The van der Waals surface area contributed by atoms with E-state index in [1.54, 1.807) is 24.3 Å². The molecule has 1 unspecified atom stereocenters. The van der Waals surface area contributed by atoms with Gasteiger partial charge in [-0.15, -0.1) is 0 Å². The summed E-state index contributed by atoms with van der Waals surface area (Å²) in [6.45, 7) is 2.31. The van der Waals surface area contributed by atoms with Crippen LogP contribution in [0.25, 0.3) is 0 Å².